The fourth-order valence-electron chi connectivity index (χ4n) is 1.82. The van der Waals surface area contributed by atoms with E-state index in [4.69, 9.17) is 27.9 Å². The van der Waals surface area contributed by atoms with Crippen LogP contribution in [-0.2, 0) is 16.3 Å². The van der Waals surface area contributed by atoms with Crippen molar-refractivity contribution >= 4 is 39.0 Å². The highest BCUT2D eigenvalue weighted by Crippen LogP contribution is 2.38. The van der Waals surface area contributed by atoms with E-state index in [1.807, 2.05) is 0 Å². The maximum Gasteiger partial charge on any atom is 0.416 e. The van der Waals surface area contributed by atoms with Gasteiger partial charge in [-0.2, -0.15) is 21.6 Å². The van der Waals surface area contributed by atoms with Crippen molar-refractivity contribution in [1.29, 1.82) is 0 Å². The Hall–Kier alpha value is -2.24. The summed E-state index contributed by atoms with van der Waals surface area (Å²) in [4.78, 5) is 10.1. The standard InChI is InChI=1S/C14H8Cl2F3NO6S/c15-7-27(23,24)26-13-6-9(2-3-11(13)20(21)22)25-12-4-1-8(5-10(12)16)14(17,18)19/h1-6H,7H2. The van der Waals surface area contributed by atoms with E-state index in [0.717, 1.165) is 30.3 Å². The topological polar surface area (TPSA) is 95.7 Å². The van der Waals surface area contributed by atoms with Gasteiger partial charge in [-0.15, -0.1) is 11.6 Å². The molecule has 27 heavy (non-hydrogen) atoms. The van der Waals surface area contributed by atoms with Crippen LogP contribution in [0.25, 0.3) is 0 Å². The molecule has 0 atom stereocenters. The molecule has 0 saturated heterocycles. The van der Waals surface area contributed by atoms with Gasteiger partial charge in [0, 0.05) is 12.1 Å². The second kappa shape index (κ2) is 7.79. The predicted octanol–water partition coefficient (Wildman–Crippen LogP) is 4.96. The van der Waals surface area contributed by atoms with Crippen LogP contribution in [0.3, 0.4) is 0 Å². The number of halogens is 5. The minimum atomic E-state index is -4.60. The van der Waals surface area contributed by atoms with Crippen molar-refractivity contribution in [2.45, 2.75) is 6.18 Å². The summed E-state index contributed by atoms with van der Waals surface area (Å²) in [5.41, 5.74) is -1.68. The first-order valence-electron chi connectivity index (χ1n) is 6.74. The Balaban J connectivity index is 2.39. The van der Waals surface area contributed by atoms with Crippen molar-refractivity contribution < 1.29 is 35.4 Å². The Kier molecular flexibility index (Phi) is 6.07. The molecular weight excluding hydrogens is 438 g/mol. The van der Waals surface area contributed by atoms with Crippen molar-refractivity contribution in [3.8, 4) is 17.2 Å². The highest BCUT2D eigenvalue weighted by atomic mass is 35.5. The molecule has 0 aromatic heterocycles. The molecule has 0 N–H and O–H groups in total. The summed E-state index contributed by atoms with van der Waals surface area (Å²) in [7, 11) is -4.29. The summed E-state index contributed by atoms with van der Waals surface area (Å²) in [6.45, 7) is 0. The maximum atomic E-state index is 12.6. The summed E-state index contributed by atoms with van der Waals surface area (Å²) in [6.07, 6.45) is -4.60. The van der Waals surface area contributed by atoms with Crippen LogP contribution < -0.4 is 8.92 Å². The summed E-state index contributed by atoms with van der Waals surface area (Å²) >= 11 is 11.0. The molecule has 0 spiro atoms. The lowest BCUT2D eigenvalue weighted by molar-refractivity contribution is -0.385. The zero-order valence-corrected chi connectivity index (χ0v) is 15.2. The molecule has 146 valence electrons. The fourth-order valence-corrected chi connectivity index (χ4v) is 2.63. The average molecular weight is 446 g/mol. The van der Waals surface area contributed by atoms with Crippen molar-refractivity contribution in [2.24, 2.45) is 0 Å². The zero-order valence-electron chi connectivity index (χ0n) is 12.9. The Morgan fingerprint density at radius 1 is 1.11 bits per heavy atom. The minimum absolute atomic E-state index is 0.165. The summed E-state index contributed by atoms with van der Waals surface area (Å²) in [5, 5.41) is 9.65. The first-order valence-corrected chi connectivity index (χ1v) is 9.23. The number of nitro benzene ring substituents is 1. The predicted molar refractivity (Wildman–Crippen MR) is 89.9 cm³/mol. The zero-order chi connectivity index (χ0) is 20.4. The summed E-state index contributed by atoms with van der Waals surface area (Å²) in [5.74, 6) is -1.03. The van der Waals surface area contributed by atoms with Crippen LogP contribution in [-0.4, -0.2) is 18.6 Å². The van der Waals surface area contributed by atoms with Gasteiger partial charge in [-0.25, -0.2) is 0 Å². The normalized spacial score (nSPS) is 11.9. The number of hydrogen-bond donors (Lipinski definition) is 0. The van der Waals surface area contributed by atoms with Crippen LogP contribution in [0.5, 0.6) is 17.2 Å². The lowest BCUT2D eigenvalue weighted by Gasteiger charge is -2.12. The molecule has 13 heteroatoms. The molecule has 0 aliphatic carbocycles. The lowest BCUT2D eigenvalue weighted by Crippen LogP contribution is -2.11. The first-order chi connectivity index (χ1) is 12.4. The molecule has 0 saturated carbocycles. The molecule has 0 amide bonds. The lowest BCUT2D eigenvalue weighted by atomic mass is 10.2. The summed E-state index contributed by atoms with van der Waals surface area (Å²) in [6, 6.07) is 5.16. The van der Waals surface area contributed by atoms with Crippen molar-refractivity contribution in [3.05, 3.63) is 57.1 Å². The van der Waals surface area contributed by atoms with Gasteiger partial charge in [-0.1, -0.05) is 11.6 Å². The van der Waals surface area contributed by atoms with Gasteiger partial charge >= 0.3 is 22.0 Å². The number of hydrogen-bond acceptors (Lipinski definition) is 6. The Labute approximate surface area is 160 Å². The third kappa shape index (κ3) is 5.37. The van der Waals surface area contributed by atoms with Crippen molar-refractivity contribution in [2.75, 3.05) is 5.21 Å². The van der Waals surface area contributed by atoms with E-state index in [1.165, 1.54) is 0 Å². The Bertz CT molecular complexity index is 981. The molecule has 0 heterocycles. The monoisotopic (exact) mass is 445 g/mol. The van der Waals surface area contributed by atoms with Crippen molar-refractivity contribution in [1.82, 2.24) is 0 Å². The largest absolute Gasteiger partial charge is 0.456 e. The van der Waals surface area contributed by atoms with Crippen molar-refractivity contribution in [3.63, 3.8) is 0 Å². The van der Waals surface area contributed by atoms with E-state index in [1.54, 1.807) is 0 Å². The number of nitro groups is 1. The molecule has 0 unspecified atom stereocenters. The summed E-state index contributed by atoms with van der Waals surface area (Å²) < 4.78 is 70.7. The van der Waals surface area contributed by atoms with E-state index in [9.17, 15) is 31.7 Å². The van der Waals surface area contributed by atoms with Crippen LogP contribution in [0.1, 0.15) is 5.56 Å². The number of alkyl halides is 4. The van der Waals surface area contributed by atoms with Crippen LogP contribution in [0.15, 0.2) is 36.4 Å². The van der Waals surface area contributed by atoms with E-state index >= 15 is 0 Å². The second-order valence-corrected chi connectivity index (χ2v) is 7.44. The first kappa shape index (κ1) is 21.1. The highest BCUT2D eigenvalue weighted by molar-refractivity contribution is 7.88. The van der Waals surface area contributed by atoms with Crippen LogP contribution >= 0.6 is 23.2 Å². The van der Waals surface area contributed by atoms with Gasteiger partial charge in [0.1, 0.15) is 11.5 Å². The number of benzene rings is 2. The van der Waals surface area contributed by atoms with E-state index in [0.29, 0.717) is 6.07 Å². The molecule has 0 aliphatic heterocycles. The maximum absolute atomic E-state index is 12.6. The molecule has 2 aromatic carbocycles. The molecule has 0 aliphatic rings. The third-order valence-corrected chi connectivity index (χ3v) is 4.76. The minimum Gasteiger partial charge on any atom is -0.456 e. The van der Waals surface area contributed by atoms with Crippen LogP contribution in [0.4, 0.5) is 18.9 Å². The van der Waals surface area contributed by atoms with Gasteiger partial charge in [0.05, 0.1) is 15.5 Å². The van der Waals surface area contributed by atoms with E-state index in [2.05, 4.69) is 4.18 Å². The molecular formula is C14H8Cl2F3NO6S. The quantitative estimate of drug-likeness (QED) is 0.269. The molecule has 2 rings (SSSR count). The Morgan fingerprint density at radius 3 is 2.30 bits per heavy atom. The van der Waals surface area contributed by atoms with Crippen LogP contribution in [0.2, 0.25) is 5.02 Å². The Morgan fingerprint density at radius 2 is 1.78 bits per heavy atom. The highest BCUT2D eigenvalue weighted by Gasteiger charge is 2.31. The number of ether oxygens (including phenoxy) is 1. The van der Waals surface area contributed by atoms with Gasteiger partial charge < -0.3 is 8.92 Å². The smallest absolute Gasteiger partial charge is 0.416 e. The van der Waals surface area contributed by atoms with E-state index < -0.39 is 43.4 Å². The average Bonchev–Trinajstić information content (AvgIpc) is 2.55. The van der Waals surface area contributed by atoms with Gasteiger partial charge in [0.25, 0.3) is 0 Å². The SMILES string of the molecule is O=[N+]([O-])c1ccc(Oc2ccc(C(F)(F)F)cc2Cl)cc1OS(=O)(=O)CCl. The van der Waals surface area contributed by atoms with Crippen LogP contribution in [0, 0.1) is 10.1 Å². The van der Waals surface area contributed by atoms with Gasteiger partial charge in [-0.05, 0) is 24.3 Å². The number of rotatable bonds is 6. The van der Waals surface area contributed by atoms with Gasteiger partial charge in [-0.3, -0.25) is 10.1 Å². The number of nitrogens with zero attached hydrogens (tertiary/aromatic N) is 1. The molecule has 0 fully saturated rings. The molecule has 0 bridgehead atoms. The van der Waals surface area contributed by atoms with Gasteiger partial charge in [0.15, 0.2) is 5.21 Å². The fraction of sp³-hybridized carbons (Fsp3) is 0.143. The third-order valence-electron chi connectivity index (χ3n) is 2.97. The van der Waals surface area contributed by atoms with E-state index in [-0.39, 0.29) is 16.5 Å². The molecule has 0 radical (unpaired) electrons. The van der Waals surface area contributed by atoms with Gasteiger partial charge in [0.2, 0.25) is 5.75 Å². The second-order valence-electron chi connectivity index (χ2n) is 4.88. The molecule has 2 aromatic rings. The molecule has 7 nitrogen and oxygen atoms in total.